The standard InChI is InChI=1S/C18H24N4O2.ClH/c1-21(14-15-5-3-6-16(13-15)24-2)17(23)18(7-10-19-11-8-18)22-12-4-9-20-22;/h3-6,9,12-13,19H,7-8,10-11,14H2,1-2H3;1H. The average molecular weight is 365 g/mol. The van der Waals surface area contributed by atoms with Crippen LogP contribution in [0.25, 0.3) is 0 Å². The van der Waals surface area contributed by atoms with E-state index in [9.17, 15) is 4.79 Å². The molecule has 0 atom stereocenters. The van der Waals surface area contributed by atoms with E-state index in [1.807, 2.05) is 48.3 Å². The second-order valence-electron chi connectivity index (χ2n) is 6.24. The molecule has 2 aromatic rings. The molecule has 3 rings (SSSR count). The van der Waals surface area contributed by atoms with Gasteiger partial charge >= 0.3 is 0 Å². The molecule has 2 heterocycles. The summed E-state index contributed by atoms with van der Waals surface area (Å²) in [6, 6.07) is 9.70. The quantitative estimate of drug-likeness (QED) is 0.882. The Morgan fingerprint density at radius 3 is 2.76 bits per heavy atom. The molecule has 1 saturated heterocycles. The topological polar surface area (TPSA) is 59.4 Å². The number of carbonyl (C=O) groups is 1. The minimum absolute atomic E-state index is 0. The number of nitrogens with zero attached hydrogens (tertiary/aromatic N) is 3. The zero-order valence-corrected chi connectivity index (χ0v) is 15.5. The van der Waals surface area contributed by atoms with Crippen molar-refractivity contribution in [1.29, 1.82) is 0 Å². The molecule has 25 heavy (non-hydrogen) atoms. The van der Waals surface area contributed by atoms with E-state index in [0.717, 1.165) is 37.2 Å². The Labute approximate surface area is 154 Å². The molecule has 1 N–H and O–H groups in total. The number of rotatable bonds is 5. The third-order valence-electron chi connectivity index (χ3n) is 4.67. The molecule has 1 aromatic heterocycles. The number of halogens is 1. The fourth-order valence-electron chi connectivity index (χ4n) is 3.38. The van der Waals surface area contributed by atoms with Crippen molar-refractivity contribution in [3.63, 3.8) is 0 Å². The van der Waals surface area contributed by atoms with Gasteiger partial charge in [0.25, 0.3) is 5.91 Å². The molecular formula is C18H25ClN4O2. The van der Waals surface area contributed by atoms with Gasteiger partial charge in [0.15, 0.2) is 0 Å². The number of hydrogen-bond acceptors (Lipinski definition) is 4. The van der Waals surface area contributed by atoms with E-state index in [1.165, 1.54) is 0 Å². The van der Waals surface area contributed by atoms with Crippen LogP contribution in [0.1, 0.15) is 18.4 Å². The number of amides is 1. The Bertz CT molecular complexity index is 684. The largest absolute Gasteiger partial charge is 0.497 e. The monoisotopic (exact) mass is 364 g/mol. The van der Waals surface area contributed by atoms with Gasteiger partial charge in [-0.05, 0) is 49.7 Å². The number of ether oxygens (including phenoxy) is 1. The second kappa shape index (κ2) is 8.36. The minimum atomic E-state index is -0.595. The van der Waals surface area contributed by atoms with Crippen LogP contribution in [0.5, 0.6) is 5.75 Å². The predicted octanol–water partition coefficient (Wildman–Crippen LogP) is 2.05. The average Bonchev–Trinajstić information content (AvgIpc) is 3.17. The first-order chi connectivity index (χ1) is 11.7. The summed E-state index contributed by atoms with van der Waals surface area (Å²) in [7, 11) is 3.50. The maximum absolute atomic E-state index is 13.3. The molecule has 0 aliphatic carbocycles. The Morgan fingerprint density at radius 2 is 2.12 bits per heavy atom. The van der Waals surface area contributed by atoms with Crippen molar-refractivity contribution in [1.82, 2.24) is 20.0 Å². The molecule has 0 spiro atoms. The first kappa shape index (κ1) is 19.3. The van der Waals surface area contributed by atoms with E-state index in [1.54, 1.807) is 18.2 Å². The van der Waals surface area contributed by atoms with E-state index in [4.69, 9.17) is 4.74 Å². The summed E-state index contributed by atoms with van der Waals surface area (Å²) in [4.78, 5) is 15.1. The lowest BCUT2D eigenvalue weighted by Crippen LogP contribution is -2.54. The van der Waals surface area contributed by atoms with Crippen LogP contribution in [0.4, 0.5) is 0 Å². The highest BCUT2D eigenvalue weighted by Gasteiger charge is 2.43. The van der Waals surface area contributed by atoms with E-state index >= 15 is 0 Å². The Balaban J connectivity index is 0.00000225. The number of carbonyl (C=O) groups excluding carboxylic acids is 1. The Hall–Kier alpha value is -2.05. The first-order valence-corrected chi connectivity index (χ1v) is 8.25. The number of methoxy groups -OCH3 is 1. The Kier molecular flexibility index (Phi) is 6.45. The zero-order chi connectivity index (χ0) is 17.0. The van der Waals surface area contributed by atoms with Crippen molar-refractivity contribution in [2.24, 2.45) is 0 Å². The van der Waals surface area contributed by atoms with Gasteiger partial charge in [-0.25, -0.2) is 0 Å². The molecule has 1 aliphatic heterocycles. The third-order valence-corrected chi connectivity index (χ3v) is 4.67. The van der Waals surface area contributed by atoms with Crippen molar-refractivity contribution in [2.75, 3.05) is 27.2 Å². The molecule has 0 radical (unpaired) electrons. The third kappa shape index (κ3) is 3.96. The van der Waals surface area contributed by atoms with Gasteiger partial charge in [-0.2, -0.15) is 5.10 Å². The molecule has 0 bridgehead atoms. The number of aromatic nitrogens is 2. The van der Waals surface area contributed by atoms with Gasteiger partial charge in [-0.3, -0.25) is 9.48 Å². The van der Waals surface area contributed by atoms with E-state index in [0.29, 0.717) is 6.54 Å². The SMILES string of the molecule is COc1cccc(CN(C)C(=O)C2(n3cccn3)CCNCC2)c1.Cl. The molecular weight excluding hydrogens is 340 g/mol. The highest BCUT2D eigenvalue weighted by atomic mass is 35.5. The van der Waals surface area contributed by atoms with Crippen LogP contribution in [-0.4, -0.2) is 47.8 Å². The Morgan fingerprint density at radius 1 is 1.36 bits per heavy atom. The van der Waals surface area contributed by atoms with Gasteiger partial charge in [0.2, 0.25) is 0 Å². The smallest absolute Gasteiger partial charge is 0.250 e. The van der Waals surface area contributed by atoms with Gasteiger partial charge in [-0.1, -0.05) is 12.1 Å². The lowest BCUT2D eigenvalue weighted by Gasteiger charge is -2.39. The molecule has 1 aliphatic rings. The lowest BCUT2D eigenvalue weighted by atomic mass is 9.86. The van der Waals surface area contributed by atoms with Crippen LogP contribution in [0.3, 0.4) is 0 Å². The van der Waals surface area contributed by atoms with Gasteiger partial charge in [0, 0.05) is 26.0 Å². The summed E-state index contributed by atoms with van der Waals surface area (Å²) >= 11 is 0. The molecule has 0 unspecified atom stereocenters. The lowest BCUT2D eigenvalue weighted by molar-refractivity contribution is -0.142. The normalized spacial score (nSPS) is 15.9. The fraction of sp³-hybridized carbons (Fsp3) is 0.444. The van der Waals surface area contributed by atoms with E-state index < -0.39 is 5.54 Å². The second-order valence-corrected chi connectivity index (χ2v) is 6.24. The zero-order valence-electron chi connectivity index (χ0n) is 14.6. The summed E-state index contributed by atoms with van der Waals surface area (Å²) in [5.74, 6) is 0.910. The number of benzene rings is 1. The van der Waals surface area contributed by atoms with Crippen molar-refractivity contribution in [3.05, 3.63) is 48.3 Å². The first-order valence-electron chi connectivity index (χ1n) is 8.25. The maximum Gasteiger partial charge on any atom is 0.250 e. The fourth-order valence-corrected chi connectivity index (χ4v) is 3.38. The molecule has 1 fully saturated rings. The van der Waals surface area contributed by atoms with Crippen LogP contribution < -0.4 is 10.1 Å². The summed E-state index contributed by atoms with van der Waals surface area (Å²) in [5, 5.41) is 7.70. The van der Waals surface area contributed by atoms with Crippen molar-refractivity contribution in [3.8, 4) is 5.75 Å². The minimum Gasteiger partial charge on any atom is -0.497 e. The molecule has 7 heteroatoms. The predicted molar refractivity (Wildman–Crippen MR) is 99.0 cm³/mol. The van der Waals surface area contributed by atoms with Gasteiger partial charge in [0.1, 0.15) is 11.3 Å². The summed E-state index contributed by atoms with van der Waals surface area (Å²) in [5.41, 5.74) is 0.456. The summed E-state index contributed by atoms with van der Waals surface area (Å²) in [6.45, 7) is 2.18. The van der Waals surface area contributed by atoms with E-state index in [2.05, 4.69) is 10.4 Å². The van der Waals surface area contributed by atoms with E-state index in [-0.39, 0.29) is 18.3 Å². The van der Waals surface area contributed by atoms with Crippen molar-refractivity contribution < 1.29 is 9.53 Å². The summed E-state index contributed by atoms with van der Waals surface area (Å²) < 4.78 is 7.10. The highest BCUT2D eigenvalue weighted by Crippen LogP contribution is 2.29. The van der Waals surface area contributed by atoms with Crippen LogP contribution in [0, 0.1) is 0 Å². The number of nitrogens with one attached hydrogen (secondary N) is 1. The molecule has 0 saturated carbocycles. The van der Waals surface area contributed by atoms with Gasteiger partial charge in [0.05, 0.1) is 7.11 Å². The number of piperidine rings is 1. The number of hydrogen-bond donors (Lipinski definition) is 1. The molecule has 1 aromatic carbocycles. The van der Waals surface area contributed by atoms with Crippen LogP contribution in [-0.2, 0) is 16.9 Å². The molecule has 136 valence electrons. The van der Waals surface area contributed by atoms with Gasteiger partial charge < -0.3 is 15.0 Å². The molecule has 1 amide bonds. The summed E-state index contributed by atoms with van der Waals surface area (Å²) in [6.07, 6.45) is 5.12. The van der Waals surface area contributed by atoms with Crippen LogP contribution in [0.2, 0.25) is 0 Å². The van der Waals surface area contributed by atoms with Crippen molar-refractivity contribution >= 4 is 18.3 Å². The van der Waals surface area contributed by atoms with Gasteiger partial charge in [-0.15, -0.1) is 12.4 Å². The maximum atomic E-state index is 13.3. The highest BCUT2D eigenvalue weighted by molar-refractivity contribution is 5.85. The number of likely N-dealkylation sites (N-methyl/N-ethyl adjacent to an activating group) is 1. The van der Waals surface area contributed by atoms with Crippen LogP contribution >= 0.6 is 12.4 Å². The van der Waals surface area contributed by atoms with Crippen molar-refractivity contribution in [2.45, 2.75) is 24.9 Å². The van der Waals surface area contributed by atoms with Crippen LogP contribution in [0.15, 0.2) is 42.7 Å². The molecule has 6 nitrogen and oxygen atoms in total.